The number of aliphatic hydroxyl groups is 1. The monoisotopic (exact) mass is 369 g/mol. The first-order valence-electron chi connectivity index (χ1n) is 5.86. The molecule has 2 heterocycles. The number of aryl methyl sites for hydroxylation is 1. The maximum absolute atomic E-state index is 12.7. The van der Waals surface area contributed by atoms with Crippen molar-refractivity contribution in [1.29, 1.82) is 0 Å². The minimum absolute atomic E-state index is 0.176. The number of rotatable bonds is 3. The summed E-state index contributed by atoms with van der Waals surface area (Å²) >= 11 is 4.71. The number of nitrogens with zero attached hydrogens (tertiary/aromatic N) is 1. The zero-order chi connectivity index (χ0) is 14.2. The predicted molar refractivity (Wildman–Crippen MR) is 76.9 cm³/mol. The molecule has 0 bridgehead atoms. The quantitative estimate of drug-likeness (QED) is 0.878. The molecule has 19 heavy (non-hydrogen) atoms. The normalized spacial score (nSPS) is 25.7. The standard InChI is InChI=1S/C11H16BrNO4S2/c1-7-6-17-9(5-14)4-13(7)19(15,16)10-3-11(12)18-8(10)2/h3,7,9,14H,4-6H2,1-2H3. The van der Waals surface area contributed by atoms with Crippen molar-refractivity contribution >= 4 is 37.3 Å². The third-order valence-corrected chi connectivity index (χ3v) is 6.87. The molecule has 1 aromatic rings. The van der Waals surface area contributed by atoms with Crippen molar-refractivity contribution in [3.05, 3.63) is 14.7 Å². The molecule has 1 saturated heterocycles. The lowest BCUT2D eigenvalue weighted by molar-refractivity contribution is -0.0516. The summed E-state index contributed by atoms with van der Waals surface area (Å²) in [5.74, 6) is 0. The van der Waals surface area contributed by atoms with Crippen LogP contribution in [0.25, 0.3) is 0 Å². The van der Waals surface area contributed by atoms with Gasteiger partial charge in [0.05, 0.1) is 28.0 Å². The van der Waals surface area contributed by atoms with Gasteiger partial charge in [-0.1, -0.05) is 0 Å². The number of halogens is 1. The van der Waals surface area contributed by atoms with E-state index in [4.69, 9.17) is 9.84 Å². The Labute approximate surface area is 125 Å². The van der Waals surface area contributed by atoms with E-state index in [0.717, 1.165) is 8.66 Å². The summed E-state index contributed by atoms with van der Waals surface area (Å²) in [5, 5.41) is 9.14. The van der Waals surface area contributed by atoms with Gasteiger partial charge in [0.25, 0.3) is 0 Å². The van der Waals surface area contributed by atoms with Crippen LogP contribution in [0.5, 0.6) is 0 Å². The second-order valence-corrected chi connectivity index (χ2v) is 9.03. The van der Waals surface area contributed by atoms with Crippen LogP contribution >= 0.6 is 27.3 Å². The van der Waals surface area contributed by atoms with E-state index in [1.807, 2.05) is 6.92 Å². The molecule has 8 heteroatoms. The summed E-state index contributed by atoms with van der Waals surface area (Å²) < 4.78 is 32.9. The van der Waals surface area contributed by atoms with E-state index in [1.165, 1.54) is 15.6 Å². The Morgan fingerprint density at radius 2 is 2.32 bits per heavy atom. The lowest BCUT2D eigenvalue weighted by atomic mass is 10.2. The third-order valence-electron chi connectivity index (χ3n) is 3.08. The summed E-state index contributed by atoms with van der Waals surface area (Å²) in [6.45, 7) is 3.91. The van der Waals surface area contributed by atoms with E-state index in [2.05, 4.69) is 15.9 Å². The van der Waals surface area contributed by atoms with Gasteiger partial charge in [0, 0.05) is 17.5 Å². The highest BCUT2D eigenvalue weighted by Crippen LogP contribution is 2.33. The van der Waals surface area contributed by atoms with Crippen LogP contribution in [0.3, 0.4) is 0 Å². The smallest absolute Gasteiger partial charge is 0.244 e. The van der Waals surface area contributed by atoms with Crippen molar-refractivity contribution in [2.75, 3.05) is 19.8 Å². The average Bonchev–Trinajstić information content (AvgIpc) is 2.69. The number of hydrogen-bond donors (Lipinski definition) is 1. The molecule has 1 aromatic heterocycles. The predicted octanol–water partition coefficient (Wildman–Crippen LogP) is 1.59. The minimum Gasteiger partial charge on any atom is -0.394 e. The van der Waals surface area contributed by atoms with Crippen molar-refractivity contribution in [1.82, 2.24) is 4.31 Å². The Balaban J connectivity index is 2.35. The van der Waals surface area contributed by atoms with Crippen LogP contribution in [0, 0.1) is 6.92 Å². The molecule has 0 saturated carbocycles. The fraction of sp³-hybridized carbons (Fsp3) is 0.636. The van der Waals surface area contributed by atoms with Crippen LogP contribution in [0.1, 0.15) is 11.8 Å². The van der Waals surface area contributed by atoms with Gasteiger partial charge in [-0.05, 0) is 35.8 Å². The first kappa shape index (κ1) is 15.4. The Morgan fingerprint density at radius 3 is 2.84 bits per heavy atom. The molecule has 1 fully saturated rings. The van der Waals surface area contributed by atoms with Crippen molar-refractivity contribution in [2.45, 2.75) is 30.9 Å². The second-order valence-electron chi connectivity index (χ2n) is 4.53. The number of morpholine rings is 1. The zero-order valence-electron chi connectivity index (χ0n) is 10.7. The number of sulfonamides is 1. The zero-order valence-corrected chi connectivity index (χ0v) is 13.9. The van der Waals surface area contributed by atoms with E-state index in [0.29, 0.717) is 11.5 Å². The minimum atomic E-state index is -3.54. The molecular formula is C11H16BrNO4S2. The SMILES string of the molecule is Cc1sc(Br)cc1S(=O)(=O)N1CC(CO)OCC1C. The third kappa shape index (κ3) is 3.03. The number of thiophene rings is 1. The number of ether oxygens (including phenoxy) is 1. The highest BCUT2D eigenvalue weighted by atomic mass is 79.9. The summed E-state index contributed by atoms with van der Waals surface area (Å²) in [4.78, 5) is 1.08. The highest BCUT2D eigenvalue weighted by molar-refractivity contribution is 9.11. The molecule has 0 aliphatic carbocycles. The van der Waals surface area contributed by atoms with Gasteiger partial charge in [0.1, 0.15) is 0 Å². The van der Waals surface area contributed by atoms with Crippen molar-refractivity contribution in [2.24, 2.45) is 0 Å². The fourth-order valence-electron chi connectivity index (χ4n) is 2.05. The van der Waals surface area contributed by atoms with Crippen LogP contribution in [0.2, 0.25) is 0 Å². The fourth-order valence-corrected chi connectivity index (χ4v) is 6.08. The molecule has 108 valence electrons. The number of aliphatic hydroxyl groups excluding tert-OH is 1. The van der Waals surface area contributed by atoms with Gasteiger partial charge in [-0.3, -0.25) is 0 Å². The molecule has 1 N–H and O–H groups in total. The van der Waals surface area contributed by atoms with Gasteiger partial charge in [-0.25, -0.2) is 8.42 Å². The Kier molecular flexibility index (Phi) is 4.69. The van der Waals surface area contributed by atoms with Crippen LogP contribution < -0.4 is 0 Å². The number of hydrogen-bond acceptors (Lipinski definition) is 5. The molecule has 0 aromatic carbocycles. The molecule has 0 spiro atoms. The van der Waals surface area contributed by atoms with Crippen LogP contribution in [-0.4, -0.2) is 49.7 Å². The molecule has 0 radical (unpaired) electrons. The molecule has 5 nitrogen and oxygen atoms in total. The van der Waals surface area contributed by atoms with Gasteiger partial charge >= 0.3 is 0 Å². The van der Waals surface area contributed by atoms with Crippen LogP contribution in [0.15, 0.2) is 14.7 Å². The largest absolute Gasteiger partial charge is 0.394 e. The summed E-state index contributed by atoms with van der Waals surface area (Å²) in [6, 6.07) is 1.40. The molecule has 1 aliphatic heterocycles. The van der Waals surface area contributed by atoms with Crippen LogP contribution in [-0.2, 0) is 14.8 Å². The van der Waals surface area contributed by atoms with E-state index >= 15 is 0 Å². The van der Waals surface area contributed by atoms with Gasteiger partial charge in [-0.15, -0.1) is 11.3 Å². The Hall–Kier alpha value is 0.01000. The van der Waals surface area contributed by atoms with Crippen molar-refractivity contribution in [3.8, 4) is 0 Å². The molecular weight excluding hydrogens is 354 g/mol. The lowest BCUT2D eigenvalue weighted by Crippen LogP contribution is -2.51. The highest BCUT2D eigenvalue weighted by Gasteiger charge is 2.36. The average molecular weight is 370 g/mol. The molecule has 2 unspecified atom stereocenters. The first-order chi connectivity index (χ1) is 8.86. The maximum atomic E-state index is 12.7. The van der Waals surface area contributed by atoms with E-state index in [-0.39, 0.29) is 19.2 Å². The van der Waals surface area contributed by atoms with Gasteiger partial charge in [0.15, 0.2) is 0 Å². The molecule has 0 amide bonds. The summed E-state index contributed by atoms with van der Waals surface area (Å²) in [5.41, 5.74) is 0. The lowest BCUT2D eigenvalue weighted by Gasteiger charge is -2.36. The summed E-state index contributed by atoms with van der Waals surface area (Å²) in [7, 11) is -3.54. The maximum Gasteiger partial charge on any atom is 0.244 e. The summed E-state index contributed by atoms with van der Waals surface area (Å²) in [6.07, 6.45) is -0.451. The van der Waals surface area contributed by atoms with E-state index < -0.39 is 16.1 Å². The van der Waals surface area contributed by atoms with Gasteiger partial charge in [-0.2, -0.15) is 4.31 Å². The Bertz CT molecular complexity index is 557. The van der Waals surface area contributed by atoms with Crippen molar-refractivity contribution < 1.29 is 18.3 Å². The van der Waals surface area contributed by atoms with E-state index in [9.17, 15) is 8.42 Å². The van der Waals surface area contributed by atoms with Gasteiger partial charge < -0.3 is 9.84 Å². The molecule has 2 atom stereocenters. The second kappa shape index (κ2) is 5.79. The first-order valence-corrected chi connectivity index (χ1v) is 8.91. The topological polar surface area (TPSA) is 66.8 Å². The molecule has 1 aliphatic rings. The van der Waals surface area contributed by atoms with Crippen LogP contribution in [0.4, 0.5) is 0 Å². The molecule has 2 rings (SSSR count). The van der Waals surface area contributed by atoms with E-state index in [1.54, 1.807) is 13.0 Å². The van der Waals surface area contributed by atoms with Gasteiger partial charge in [0.2, 0.25) is 10.0 Å². The van der Waals surface area contributed by atoms with Crippen molar-refractivity contribution in [3.63, 3.8) is 0 Å². The Morgan fingerprint density at radius 1 is 1.63 bits per heavy atom.